The van der Waals surface area contributed by atoms with Gasteiger partial charge < -0.3 is 15.5 Å². The maximum atomic E-state index is 11.9. The maximum absolute atomic E-state index is 11.9. The molecule has 0 unspecified atom stereocenters. The molecule has 4 nitrogen and oxygen atoms in total. The zero-order valence-corrected chi connectivity index (χ0v) is 14.6. The van der Waals surface area contributed by atoms with Crippen molar-refractivity contribution < 1.29 is 4.79 Å². The van der Waals surface area contributed by atoms with Crippen LogP contribution in [0.15, 0.2) is 42.5 Å². The van der Waals surface area contributed by atoms with Crippen molar-refractivity contribution in [2.75, 3.05) is 19.4 Å². The van der Waals surface area contributed by atoms with Gasteiger partial charge in [-0.3, -0.25) is 0 Å². The molecule has 0 aliphatic carbocycles. The van der Waals surface area contributed by atoms with Gasteiger partial charge in [0.2, 0.25) is 0 Å². The van der Waals surface area contributed by atoms with Crippen molar-refractivity contribution in [3.63, 3.8) is 0 Å². The van der Waals surface area contributed by atoms with E-state index in [1.165, 1.54) is 5.56 Å². The van der Waals surface area contributed by atoms with Crippen molar-refractivity contribution in [1.82, 2.24) is 10.2 Å². The summed E-state index contributed by atoms with van der Waals surface area (Å²) in [6, 6.07) is 12.8. The van der Waals surface area contributed by atoms with Gasteiger partial charge in [-0.1, -0.05) is 47.5 Å². The van der Waals surface area contributed by atoms with E-state index < -0.39 is 0 Å². The molecule has 2 rings (SSSR count). The summed E-state index contributed by atoms with van der Waals surface area (Å²) in [5.74, 6) is 0. The Bertz CT molecular complexity index is 672. The zero-order chi connectivity index (χ0) is 16.8. The number of nitrogens with one attached hydrogen (secondary N) is 2. The highest BCUT2D eigenvalue weighted by Crippen LogP contribution is 2.24. The van der Waals surface area contributed by atoms with Crippen LogP contribution in [0.4, 0.5) is 10.5 Å². The molecule has 0 aliphatic heterocycles. The van der Waals surface area contributed by atoms with Gasteiger partial charge in [0, 0.05) is 18.8 Å². The average molecular weight is 352 g/mol. The number of urea groups is 1. The number of hydrogen-bond donors (Lipinski definition) is 2. The minimum Gasteiger partial charge on any atom is -0.334 e. The van der Waals surface area contributed by atoms with Crippen molar-refractivity contribution in [2.45, 2.75) is 13.1 Å². The fraction of sp³-hybridized carbons (Fsp3) is 0.235. The van der Waals surface area contributed by atoms with Crippen LogP contribution in [0.3, 0.4) is 0 Å². The Hall–Kier alpha value is -1.75. The van der Waals surface area contributed by atoms with Gasteiger partial charge >= 0.3 is 6.03 Å². The number of anilines is 1. The first-order valence-electron chi connectivity index (χ1n) is 7.16. The van der Waals surface area contributed by atoms with Crippen LogP contribution in [-0.2, 0) is 13.1 Å². The number of hydrogen-bond acceptors (Lipinski definition) is 2. The summed E-state index contributed by atoms with van der Waals surface area (Å²) in [6.45, 7) is 1.35. The van der Waals surface area contributed by atoms with Crippen LogP contribution >= 0.6 is 23.2 Å². The fourth-order valence-electron chi connectivity index (χ4n) is 2.06. The third-order valence-corrected chi connectivity index (χ3v) is 3.89. The molecule has 2 aromatic rings. The smallest absolute Gasteiger partial charge is 0.319 e. The van der Waals surface area contributed by atoms with Crippen LogP contribution in [0.2, 0.25) is 10.0 Å². The van der Waals surface area contributed by atoms with Gasteiger partial charge in [-0.25, -0.2) is 4.79 Å². The van der Waals surface area contributed by atoms with Crippen molar-refractivity contribution in [3.05, 3.63) is 63.6 Å². The lowest BCUT2D eigenvalue weighted by Gasteiger charge is -2.11. The van der Waals surface area contributed by atoms with Crippen molar-refractivity contribution >= 4 is 34.9 Å². The van der Waals surface area contributed by atoms with E-state index >= 15 is 0 Å². The first-order valence-corrected chi connectivity index (χ1v) is 7.92. The van der Waals surface area contributed by atoms with Gasteiger partial charge in [0.25, 0.3) is 0 Å². The van der Waals surface area contributed by atoms with E-state index in [9.17, 15) is 4.79 Å². The van der Waals surface area contributed by atoms with Gasteiger partial charge in [0.15, 0.2) is 0 Å². The molecule has 0 saturated heterocycles. The first-order chi connectivity index (χ1) is 10.9. The van der Waals surface area contributed by atoms with Gasteiger partial charge in [-0.2, -0.15) is 0 Å². The fourth-order valence-corrected chi connectivity index (χ4v) is 2.36. The number of nitrogens with zero attached hydrogens (tertiary/aromatic N) is 1. The predicted molar refractivity (Wildman–Crippen MR) is 96.2 cm³/mol. The van der Waals surface area contributed by atoms with E-state index in [0.29, 0.717) is 22.3 Å². The molecule has 0 saturated carbocycles. The molecule has 2 amide bonds. The van der Waals surface area contributed by atoms with Crippen LogP contribution in [0.5, 0.6) is 0 Å². The molecule has 6 heteroatoms. The molecule has 0 fully saturated rings. The van der Waals surface area contributed by atoms with Gasteiger partial charge in [0.05, 0.1) is 10.0 Å². The number of amides is 2. The van der Waals surface area contributed by atoms with Crippen molar-refractivity contribution in [2.24, 2.45) is 0 Å². The monoisotopic (exact) mass is 351 g/mol. The van der Waals surface area contributed by atoms with Gasteiger partial charge in [-0.15, -0.1) is 0 Å². The Morgan fingerprint density at radius 1 is 1.00 bits per heavy atom. The molecule has 2 aromatic carbocycles. The van der Waals surface area contributed by atoms with Crippen molar-refractivity contribution in [1.29, 1.82) is 0 Å². The van der Waals surface area contributed by atoms with Gasteiger partial charge in [-0.05, 0) is 43.4 Å². The summed E-state index contributed by atoms with van der Waals surface area (Å²) in [7, 11) is 4.06. The summed E-state index contributed by atoms with van der Waals surface area (Å²) in [4.78, 5) is 14.0. The highest BCUT2D eigenvalue weighted by atomic mass is 35.5. The summed E-state index contributed by atoms with van der Waals surface area (Å²) >= 11 is 11.8. The molecule has 122 valence electrons. The third kappa shape index (κ3) is 5.75. The van der Waals surface area contributed by atoms with Gasteiger partial charge in [0.1, 0.15) is 0 Å². The molecular weight excluding hydrogens is 333 g/mol. The van der Waals surface area contributed by atoms with Crippen LogP contribution in [-0.4, -0.2) is 25.0 Å². The standard InChI is InChI=1S/C17H19Cl2N3O/c1-22(2)11-13-5-3-12(4-6-13)10-20-17(23)21-14-7-8-15(18)16(19)9-14/h3-9H,10-11H2,1-2H3,(H2,20,21,23). The second kappa shape index (κ2) is 8.20. The zero-order valence-electron chi connectivity index (χ0n) is 13.1. The minimum absolute atomic E-state index is 0.291. The third-order valence-electron chi connectivity index (χ3n) is 3.15. The Balaban J connectivity index is 1.85. The Morgan fingerprint density at radius 3 is 2.26 bits per heavy atom. The lowest BCUT2D eigenvalue weighted by atomic mass is 10.1. The summed E-state index contributed by atoms with van der Waals surface area (Å²) < 4.78 is 0. The highest BCUT2D eigenvalue weighted by Gasteiger charge is 2.04. The van der Waals surface area contributed by atoms with Crippen LogP contribution in [0.1, 0.15) is 11.1 Å². The molecule has 0 aromatic heterocycles. The molecule has 0 heterocycles. The van der Waals surface area contributed by atoms with E-state index in [1.807, 2.05) is 26.2 Å². The Labute approximate surface area is 146 Å². The largest absolute Gasteiger partial charge is 0.334 e. The topological polar surface area (TPSA) is 44.4 Å². The molecule has 2 N–H and O–H groups in total. The van der Waals surface area contributed by atoms with Crippen molar-refractivity contribution in [3.8, 4) is 0 Å². The lowest BCUT2D eigenvalue weighted by molar-refractivity contribution is 0.251. The van der Waals surface area contributed by atoms with Crippen LogP contribution < -0.4 is 10.6 Å². The van der Waals surface area contributed by atoms with E-state index in [2.05, 4.69) is 27.7 Å². The normalized spacial score (nSPS) is 10.7. The molecule has 23 heavy (non-hydrogen) atoms. The second-order valence-electron chi connectivity index (χ2n) is 5.49. The predicted octanol–water partition coefficient (Wildman–Crippen LogP) is 4.38. The molecule has 0 aliphatic rings. The summed E-state index contributed by atoms with van der Waals surface area (Å²) in [5.41, 5.74) is 2.87. The molecule has 0 bridgehead atoms. The molecule has 0 atom stereocenters. The molecule has 0 spiro atoms. The average Bonchev–Trinajstić information content (AvgIpc) is 2.50. The minimum atomic E-state index is -0.291. The second-order valence-corrected chi connectivity index (χ2v) is 6.31. The Morgan fingerprint density at radius 2 is 1.65 bits per heavy atom. The van der Waals surface area contributed by atoms with E-state index in [4.69, 9.17) is 23.2 Å². The van der Waals surface area contributed by atoms with E-state index in [0.717, 1.165) is 12.1 Å². The Kier molecular flexibility index (Phi) is 6.28. The van der Waals surface area contributed by atoms with Crippen LogP contribution in [0.25, 0.3) is 0 Å². The quantitative estimate of drug-likeness (QED) is 0.839. The van der Waals surface area contributed by atoms with Crippen LogP contribution in [0, 0.1) is 0 Å². The molecular formula is C17H19Cl2N3O. The number of halogens is 2. The summed E-state index contributed by atoms with van der Waals surface area (Å²) in [6.07, 6.45) is 0. The molecule has 0 radical (unpaired) electrons. The maximum Gasteiger partial charge on any atom is 0.319 e. The number of rotatable bonds is 5. The summed E-state index contributed by atoms with van der Waals surface area (Å²) in [5, 5.41) is 6.38. The highest BCUT2D eigenvalue weighted by molar-refractivity contribution is 6.42. The number of carbonyl (C=O) groups is 1. The lowest BCUT2D eigenvalue weighted by Crippen LogP contribution is -2.28. The SMILES string of the molecule is CN(C)Cc1ccc(CNC(=O)Nc2ccc(Cl)c(Cl)c2)cc1. The van der Waals surface area contributed by atoms with E-state index in [1.54, 1.807) is 18.2 Å². The van der Waals surface area contributed by atoms with E-state index in [-0.39, 0.29) is 6.03 Å². The first kappa shape index (κ1) is 17.6. The number of benzene rings is 2. The number of carbonyl (C=O) groups excluding carboxylic acids is 1.